The number of rotatable bonds is 5. The molecule has 7 nitrogen and oxygen atoms in total. The molecule has 0 spiro atoms. The average Bonchev–Trinajstić information content (AvgIpc) is 2.50. The highest BCUT2D eigenvalue weighted by atomic mass is 16.3. The number of aliphatic hydroxyl groups excluding tert-OH is 1. The standard InChI is InChI=1S/C15H18N4O3/c1-11-3-5-12(6-4-11)10-16-19(7-8-20)13-9-14(21)18(2)15(22)17-13/h3-6,9-10,20H,7-8H2,1-2H3,(H,17,22). The molecule has 7 heteroatoms. The van der Waals surface area contributed by atoms with Crippen LogP contribution in [0.15, 0.2) is 45.0 Å². The molecule has 2 N–H and O–H groups in total. The van der Waals surface area contributed by atoms with Gasteiger partial charge in [-0.1, -0.05) is 29.8 Å². The van der Waals surface area contributed by atoms with E-state index in [0.29, 0.717) is 0 Å². The van der Waals surface area contributed by atoms with Crippen molar-refractivity contribution in [2.24, 2.45) is 12.1 Å². The Morgan fingerprint density at radius 1 is 1.32 bits per heavy atom. The Morgan fingerprint density at radius 2 is 2.00 bits per heavy atom. The topological polar surface area (TPSA) is 90.7 Å². The second-order valence-electron chi connectivity index (χ2n) is 4.86. The van der Waals surface area contributed by atoms with Gasteiger partial charge in [0.05, 0.1) is 19.4 Å². The minimum Gasteiger partial charge on any atom is -0.394 e. The average molecular weight is 302 g/mol. The maximum Gasteiger partial charge on any atom is 0.329 e. The molecule has 2 rings (SSSR count). The molecular formula is C15H18N4O3. The number of aromatic nitrogens is 2. The molecule has 0 aliphatic heterocycles. The van der Waals surface area contributed by atoms with E-state index < -0.39 is 11.2 Å². The number of aryl methyl sites for hydroxylation is 1. The molecule has 0 atom stereocenters. The first-order chi connectivity index (χ1) is 10.5. The van der Waals surface area contributed by atoms with Gasteiger partial charge in [0.15, 0.2) is 0 Å². The van der Waals surface area contributed by atoms with E-state index in [4.69, 9.17) is 5.11 Å². The third-order valence-electron chi connectivity index (χ3n) is 3.14. The van der Waals surface area contributed by atoms with Crippen molar-refractivity contribution in [1.82, 2.24) is 9.55 Å². The number of hydrogen-bond donors (Lipinski definition) is 2. The first-order valence-electron chi connectivity index (χ1n) is 6.80. The quantitative estimate of drug-likeness (QED) is 0.610. The first kappa shape index (κ1) is 15.7. The Hall–Kier alpha value is -2.67. The number of aliphatic hydroxyl groups is 1. The van der Waals surface area contributed by atoms with Crippen molar-refractivity contribution in [3.63, 3.8) is 0 Å². The van der Waals surface area contributed by atoms with Gasteiger partial charge in [-0.05, 0) is 12.5 Å². The number of nitrogens with zero attached hydrogens (tertiary/aromatic N) is 3. The lowest BCUT2D eigenvalue weighted by molar-refractivity contribution is 0.302. The fourth-order valence-corrected chi connectivity index (χ4v) is 1.81. The van der Waals surface area contributed by atoms with Crippen molar-refractivity contribution >= 4 is 12.0 Å². The molecule has 0 saturated heterocycles. The van der Waals surface area contributed by atoms with Gasteiger partial charge in [0.2, 0.25) is 0 Å². The highest BCUT2D eigenvalue weighted by molar-refractivity contribution is 5.80. The predicted octanol–water partition coefficient (Wildman–Crippen LogP) is 0.215. The van der Waals surface area contributed by atoms with Gasteiger partial charge in [0.1, 0.15) is 5.82 Å². The molecule has 1 aromatic carbocycles. The molecule has 0 saturated carbocycles. The molecular weight excluding hydrogens is 284 g/mol. The summed E-state index contributed by atoms with van der Waals surface area (Å²) in [6.07, 6.45) is 1.60. The minimum atomic E-state index is -0.532. The summed E-state index contributed by atoms with van der Waals surface area (Å²) in [4.78, 5) is 25.9. The molecule has 1 aromatic heterocycles. The van der Waals surface area contributed by atoms with Crippen LogP contribution in [0.2, 0.25) is 0 Å². The normalized spacial score (nSPS) is 11.0. The van der Waals surface area contributed by atoms with E-state index in [-0.39, 0.29) is 19.0 Å². The van der Waals surface area contributed by atoms with Crippen LogP contribution in [0.5, 0.6) is 0 Å². The van der Waals surface area contributed by atoms with Crippen LogP contribution in [0.3, 0.4) is 0 Å². The third kappa shape index (κ3) is 3.70. The van der Waals surface area contributed by atoms with Crippen LogP contribution in [-0.4, -0.2) is 34.0 Å². The van der Waals surface area contributed by atoms with Crippen molar-refractivity contribution in [3.8, 4) is 0 Å². The Kier molecular flexibility index (Phi) is 4.90. The summed E-state index contributed by atoms with van der Waals surface area (Å²) in [5.74, 6) is 0.241. The first-order valence-corrected chi connectivity index (χ1v) is 6.80. The summed E-state index contributed by atoms with van der Waals surface area (Å²) in [6.45, 7) is 1.98. The molecule has 0 fully saturated rings. The van der Waals surface area contributed by atoms with Crippen molar-refractivity contribution < 1.29 is 5.11 Å². The van der Waals surface area contributed by atoms with Crippen LogP contribution < -0.4 is 16.3 Å². The highest BCUT2D eigenvalue weighted by Gasteiger charge is 2.08. The van der Waals surface area contributed by atoms with Crippen LogP contribution >= 0.6 is 0 Å². The molecule has 0 bridgehead atoms. The Balaban J connectivity index is 2.32. The zero-order valence-corrected chi connectivity index (χ0v) is 12.5. The number of nitrogens with one attached hydrogen (secondary N) is 1. The Labute approximate surface area is 127 Å². The summed E-state index contributed by atoms with van der Waals surface area (Å²) in [5, 5.41) is 14.7. The number of anilines is 1. The second-order valence-corrected chi connectivity index (χ2v) is 4.86. The fraction of sp³-hybridized carbons (Fsp3) is 0.267. The van der Waals surface area contributed by atoms with Crippen LogP contribution in [0.1, 0.15) is 11.1 Å². The van der Waals surface area contributed by atoms with E-state index in [9.17, 15) is 9.59 Å². The van der Waals surface area contributed by atoms with Gasteiger partial charge in [-0.2, -0.15) is 5.10 Å². The summed E-state index contributed by atoms with van der Waals surface area (Å²) >= 11 is 0. The Bertz CT molecular complexity index is 743. The van der Waals surface area contributed by atoms with E-state index in [0.717, 1.165) is 15.7 Å². The van der Waals surface area contributed by atoms with E-state index in [1.165, 1.54) is 18.1 Å². The lowest BCUT2D eigenvalue weighted by Crippen LogP contribution is -2.35. The van der Waals surface area contributed by atoms with Crippen LogP contribution in [0, 0.1) is 6.92 Å². The van der Waals surface area contributed by atoms with Gasteiger partial charge in [0.25, 0.3) is 5.56 Å². The third-order valence-corrected chi connectivity index (χ3v) is 3.14. The molecule has 0 unspecified atom stereocenters. The van der Waals surface area contributed by atoms with Gasteiger partial charge >= 0.3 is 5.69 Å². The SMILES string of the molecule is Cc1ccc(C=NN(CCO)c2cc(=O)n(C)c(=O)[nH]2)cc1. The van der Waals surface area contributed by atoms with Crippen molar-refractivity contribution in [3.05, 3.63) is 62.3 Å². The Morgan fingerprint density at radius 3 is 2.59 bits per heavy atom. The van der Waals surface area contributed by atoms with Crippen LogP contribution in [0.4, 0.5) is 5.82 Å². The minimum absolute atomic E-state index is 0.158. The molecule has 0 aliphatic carbocycles. The molecule has 1 heterocycles. The van der Waals surface area contributed by atoms with E-state index in [1.54, 1.807) is 6.21 Å². The second kappa shape index (κ2) is 6.86. The number of hydrazone groups is 1. The summed E-state index contributed by atoms with van der Waals surface area (Å²) in [5.41, 5.74) is 1.04. The van der Waals surface area contributed by atoms with Gasteiger partial charge in [-0.3, -0.25) is 14.3 Å². The largest absolute Gasteiger partial charge is 0.394 e. The summed E-state index contributed by atoms with van der Waals surface area (Å²) in [7, 11) is 1.39. The molecule has 116 valence electrons. The van der Waals surface area contributed by atoms with Gasteiger partial charge in [0, 0.05) is 13.1 Å². The van der Waals surface area contributed by atoms with E-state index >= 15 is 0 Å². The van der Waals surface area contributed by atoms with Crippen molar-refractivity contribution in [2.75, 3.05) is 18.2 Å². The van der Waals surface area contributed by atoms with Crippen molar-refractivity contribution in [1.29, 1.82) is 0 Å². The highest BCUT2D eigenvalue weighted by Crippen LogP contribution is 2.07. The number of aromatic amines is 1. The lowest BCUT2D eigenvalue weighted by atomic mass is 10.2. The monoisotopic (exact) mass is 302 g/mol. The summed E-state index contributed by atoms with van der Waals surface area (Å²) in [6, 6.07) is 8.99. The molecule has 22 heavy (non-hydrogen) atoms. The zero-order valence-electron chi connectivity index (χ0n) is 12.5. The molecule has 0 amide bonds. The maximum absolute atomic E-state index is 11.7. The number of hydrogen-bond acceptors (Lipinski definition) is 5. The summed E-state index contributed by atoms with van der Waals surface area (Å²) < 4.78 is 0.963. The van der Waals surface area contributed by atoms with Crippen molar-refractivity contribution in [2.45, 2.75) is 6.92 Å². The number of H-pyrrole nitrogens is 1. The lowest BCUT2D eigenvalue weighted by Gasteiger charge is -2.17. The molecule has 0 aliphatic rings. The number of benzene rings is 1. The van der Waals surface area contributed by atoms with Crippen LogP contribution in [-0.2, 0) is 7.05 Å². The van der Waals surface area contributed by atoms with Gasteiger partial charge in [-0.15, -0.1) is 0 Å². The van der Waals surface area contributed by atoms with Crippen LogP contribution in [0.25, 0.3) is 0 Å². The fourth-order valence-electron chi connectivity index (χ4n) is 1.81. The smallest absolute Gasteiger partial charge is 0.329 e. The van der Waals surface area contributed by atoms with E-state index in [1.807, 2.05) is 31.2 Å². The van der Waals surface area contributed by atoms with Gasteiger partial charge in [-0.25, -0.2) is 9.80 Å². The van der Waals surface area contributed by atoms with E-state index in [2.05, 4.69) is 10.1 Å². The predicted molar refractivity (Wildman–Crippen MR) is 85.5 cm³/mol. The molecule has 0 radical (unpaired) electrons. The maximum atomic E-state index is 11.7. The zero-order chi connectivity index (χ0) is 16.1. The van der Waals surface area contributed by atoms with Gasteiger partial charge < -0.3 is 5.11 Å². The molecule has 2 aromatic rings.